The van der Waals surface area contributed by atoms with Gasteiger partial charge in [0.25, 0.3) is 0 Å². The normalized spacial score (nSPS) is 18.1. The van der Waals surface area contributed by atoms with Gasteiger partial charge in [-0.05, 0) is 38.1 Å². The first kappa shape index (κ1) is 9.78. The molecule has 1 aliphatic rings. The molecule has 2 aromatic rings. The second kappa shape index (κ2) is 3.87. The van der Waals surface area contributed by atoms with Crippen molar-refractivity contribution < 1.29 is 4.39 Å². The van der Waals surface area contributed by atoms with Gasteiger partial charge in [0.15, 0.2) is 0 Å². The van der Waals surface area contributed by atoms with Crippen LogP contribution in [-0.2, 0) is 0 Å². The van der Waals surface area contributed by atoms with Crippen molar-refractivity contribution in [3.05, 3.63) is 36.2 Å². The third kappa shape index (κ3) is 1.50. The van der Waals surface area contributed by atoms with E-state index >= 15 is 0 Å². The van der Waals surface area contributed by atoms with E-state index in [0.717, 1.165) is 31.8 Å². The number of hydrogen-bond acceptors (Lipinski definition) is 2. The van der Waals surface area contributed by atoms with Crippen LogP contribution < -0.4 is 5.32 Å². The zero-order valence-corrected chi connectivity index (χ0v) is 8.99. The van der Waals surface area contributed by atoms with E-state index in [4.69, 9.17) is 0 Å². The van der Waals surface area contributed by atoms with Gasteiger partial charge in [-0.1, -0.05) is 0 Å². The van der Waals surface area contributed by atoms with E-state index in [2.05, 4.69) is 10.3 Å². The lowest BCUT2D eigenvalue weighted by Gasteiger charge is -2.21. The summed E-state index contributed by atoms with van der Waals surface area (Å²) in [5.41, 5.74) is 0.580. The molecule has 0 unspecified atom stereocenters. The molecule has 4 heteroatoms. The van der Waals surface area contributed by atoms with E-state index in [0.29, 0.717) is 11.4 Å². The average molecular weight is 219 g/mol. The summed E-state index contributed by atoms with van der Waals surface area (Å²) in [6.45, 7) is 2.05. The van der Waals surface area contributed by atoms with Gasteiger partial charge in [0.05, 0.1) is 6.20 Å². The van der Waals surface area contributed by atoms with E-state index < -0.39 is 0 Å². The largest absolute Gasteiger partial charge is 0.317 e. The number of pyridine rings is 1. The second-order valence-corrected chi connectivity index (χ2v) is 4.25. The van der Waals surface area contributed by atoms with Gasteiger partial charge in [0, 0.05) is 12.1 Å². The van der Waals surface area contributed by atoms with E-state index in [1.165, 1.54) is 6.07 Å². The average Bonchev–Trinajstić information content (AvgIpc) is 2.75. The molecule has 0 saturated carbocycles. The Morgan fingerprint density at radius 2 is 2.19 bits per heavy atom. The Hall–Kier alpha value is -1.42. The van der Waals surface area contributed by atoms with Gasteiger partial charge >= 0.3 is 0 Å². The fourth-order valence-corrected chi connectivity index (χ4v) is 2.39. The van der Waals surface area contributed by atoms with E-state index in [9.17, 15) is 4.39 Å². The van der Waals surface area contributed by atoms with Gasteiger partial charge in [-0.25, -0.2) is 9.37 Å². The SMILES string of the molecule is Fc1cccn2c(C3CCNCC3)ncc12. The maximum absolute atomic E-state index is 13.5. The molecule has 0 radical (unpaired) electrons. The number of hydrogen-bond donors (Lipinski definition) is 1. The Bertz CT molecular complexity index is 500. The summed E-state index contributed by atoms with van der Waals surface area (Å²) in [6, 6.07) is 3.21. The molecule has 0 bridgehead atoms. The minimum Gasteiger partial charge on any atom is -0.317 e. The molecule has 1 saturated heterocycles. The number of nitrogens with zero attached hydrogens (tertiary/aromatic N) is 2. The molecule has 84 valence electrons. The fourth-order valence-electron chi connectivity index (χ4n) is 2.39. The first-order valence-corrected chi connectivity index (χ1v) is 5.68. The molecule has 0 atom stereocenters. The first-order valence-electron chi connectivity index (χ1n) is 5.68. The molecular formula is C12H14FN3. The minimum atomic E-state index is -0.199. The van der Waals surface area contributed by atoms with Crippen LogP contribution >= 0.6 is 0 Å². The standard InChI is InChI=1S/C12H14FN3/c13-10-2-1-7-16-11(10)8-15-12(16)9-3-5-14-6-4-9/h1-2,7-9,14H,3-6H2. The zero-order chi connectivity index (χ0) is 11.0. The molecule has 0 amide bonds. The van der Waals surface area contributed by atoms with Crippen molar-refractivity contribution >= 4 is 5.52 Å². The number of piperidine rings is 1. The van der Waals surface area contributed by atoms with Crippen LogP contribution in [0.5, 0.6) is 0 Å². The predicted molar refractivity (Wildman–Crippen MR) is 60.0 cm³/mol. The first-order chi connectivity index (χ1) is 7.86. The van der Waals surface area contributed by atoms with E-state index in [-0.39, 0.29) is 5.82 Å². The highest BCUT2D eigenvalue weighted by Gasteiger charge is 2.20. The van der Waals surface area contributed by atoms with Crippen molar-refractivity contribution in [3.8, 4) is 0 Å². The van der Waals surface area contributed by atoms with Crippen LogP contribution in [-0.4, -0.2) is 22.5 Å². The van der Waals surface area contributed by atoms with Gasteiger partial charge in [0.2, 0.25) is 0 Å². The number of imidazole rings is 1. The van der Waals surface area contributed by atoms with Crippen LogP contribution in [0.2, 0.25) is 0 Å². The van der Waals surface area contributed by atoms with Gasteiger partial charge in [-0.3, -0.25) is 0 Å². The molecule has 3 heterocycles. The number of aromatic nitrogens is 2. The summed E-state index contributed by atoms with van der Waals surface area (Å²) in [7, 11) is 0. The molecule has 3 rings (SSSR count). The molecule has 0 aliphatic carbocycles. The van der Waals surface area contributed by atoms with Gasteiger partial charge in [-0.2, -0.15) is 0 Å². The van der Waals surface area contributed by atoms with Crippen molar-refractivity contribution in [1.82, 2.24) is 14.7 Å². The Morgan fingerprint density at radius 1 is 1.38 bits per heavy atom. The summed E-state index contributed by atoms with van der Waals surface area (Å²) in [5, 5.41) is 3.32. The van der Waals surface area contributed by atoms with Gasteiger partial charge < -0.3 is 9.72 Å². The minimum absolute atomic E-state index is 0.199. The lowest BCUT2D eigenvalue weighted by atomic mass is 9.97. The summed E-state index contributed by atoms with van der Waals surface area (Å²) in [5.74, 6) is 1.25. The lowest BCUT2D eigenvalue weighted by molar-refractivity contribution is 0.444. The van der Waals surface area contributed by atoms with Gasteiger partial charge in [0.1, 0.15) is 17.2 Å². The molecule has 1 N–H and O–H groups in total. The van der Waals surface area contributed by atoms with E-state index in [1.807, 2.05) is 10.6 Å². The summed E-state index contributed by atoms with van der Waals surface area (Å²) >= 11 is 0. The highest BCUT2D eigenvalue weighted by molar-refractivity contribution is 5.47. The maximum atomic E-state index is 13.5. The van der Waals surface area contributed by atoms with Crippen LogP contribution in [0.15, 0.2) is 24.5 Å². The Labute approximate surface area is 93.3 Å². The van der Waals surface area contributed by atoms with Crippen LogP contribution in [0.1, 0.15) is 24.6 Å². The van der Waals surface area contributed by atoms with Crippen molar-refractivity contribution in [1.29, 1.82) is 0 Å². The summed E-state index contributed by atoms with van der Waals surface area (Å²) < 4.78 is 15.4. The second-order valence-electron chi connectivity index (χ2n) is 4.25. The molecular weight excluding hydrogens is 205 g/mol. The molecule has 3 nitrogen and oxygen atoms in total. The molecule has 0 spiro atoms. The highest BCUT2D eigenvalue weighted by Crippen LogP contribution is 2.25. The Kier molecular flexibility index (Phi) is 2.36. The van der Waals surface area contributed by atoms with Crippen LogP contribution in [0, 0.1) is 5.82 Å². The molecule has 0 aromatic carbocycles. The van der Waals surface area contributed by atoms with Crippen molar-refractivity contribution in [2.24, 2.45) is 0 Å². The van der Waals surface area contributed by atoms with Crippen LogP contribution in [0.4, 0.5) is 4.39 Å². The third-order valence-electron chi connectivity index (χ3n) is 3.25. The number of nitrogens with one attached hydrogen (secondary N) is 1. The smallest absolute Gasteiger partial charge is 0.148 e. The Morgan fingerprint density at radius 3 is 3.00 bits per heavy atom. The predicted octanol–water partition coefficient (Wildman–Crippen LogP) is 1.94. The van der Waals surface area contributed by atoms with Crippen LogP contribution in [0.25, 0.3) is 5.52 Å². The topological polar surface area (TPSA) is 29.3 Å². The van der Waals surface area contributed by atoms with Crippen molar-refractivity contribution in [3.63, 3.8) is 0 Å². The molecule has 1 fully saturated rings. The number of rotatable bonds is 1. The lowest BCUT2D eigenvalue weighted by Crippen LogP contribution is -2.27. The monoisotopic (exact) mass is 219 g/mol. The molecule has 2 aromatic heterocycles. The van der Waals surface area contributed by atoms with Crippen LogP contribution in [0.3, 0.4) is 0 Å². The molecule has 1 aliphatic heterocycles. The third-order valence-corrected chi connectivity index (χ3v) is 3.25. The zero-order valence-electron chi connectivity index (χ0n) is 8.99. The fraction of sp³-hybridized carbons (Fsp3) is 0.417. The summed E-state index contributed by atoms with van der Waals surface area (Å²) in [6.07, 6.45) is 5.68. The maximum Gasteiger partial charge on any atom is 0.148 e. The van der Waals surface area contributed by atoms with Crippen molar-refractivity contribution in [2.75, 3.05) is 13.1 Å². The number of fused-ring (bicyclic) bond motifs is 1. The van der Waals surface area contributed by atoms with Crippen molar-refractivity contribution in [2.45, 2.75) is 18.8 Å². The summed E-state index contributed by atoms with van der Waals surface area (Å²) in [4.78, 5) is 4.38. The van der Waals surface area contributed by atoms with E-state index in [1.54, 1.807) is 12.3 Å². The van der Waals surface area contributed by atoms with Gasteiger partial charge in [-0.15, -0.1) is 0 Å². The number of halogens is 1. The highest BCUT2D eigenvalue weighted by atomic mass is 19.1. The quantitative estimate of drug-likeness (QED) is 0.794. The Balaban J connectivity index is 2.06. The molecule has 16 heavy (non-hydrogen) atoms.